The summed E-state index contributed by atoms with van der Waals surface area (Å²) in [6.07, 6.45) is 6.10. The van der Waals surface area contributed by atoms with E-state index in [1.54, 1.807) is 28.4 Å². The van der Waals surface area contributed by atoms with E-state index in [0.29, 0.717) is 41.1 Å². The summed E-state index contributed by atoms with van der Waals surface area (Å²) in [5, 5.41) is 11.7. The molecule has 0 bridgehead atoms. The van der Waals surface area contributed by atoms with Crippen molar-refractivity contribution in [1.29, 1.82) is 0 Å². The van der Waals surface area contributed by atoms with Crippen LogP contribution in [0, 0.1) is 0 Å². The standard InChI is InChI=1S/C43H66O8S6/c1-11-17-53-41(54-18-12-2)15-21-52-39(41)31(44)27-49-37-32(45-7)23-29(24-33(37)46-8)40(5,6)30-25-34(47-9)38(35(26-30)48-10)50-28-36-43(51-36)42(16-22-57-43,55-19-13-3)56-20-14-4/h23-26,31,36,39,44H,11-22,27-28H2,1-10H3. The Hall–Kier alpha value is -0.740. The number of ether oxygens (including phenoxy) is 7. The van der Waals surface area contributed by atoms with E-state index in [1.807, 2.05) is 71.3 Å². The molecule has 4 atom stereocenters. The SMILES string of the molecule is CCCSC1(SCCC)CCSC1C(O)COc1c(OC)cc(C(C)(C)c2cc(OC)c(OCC3OC34SCCC4(SCCC)SCCC)c(OC)c2)cc1OC. The fraction of sp³-hybridized carbons (Fsp3) is 0.721. The highest BCUT2D eigenvalue weighted by molar-refractivity contribution is 8.20. The normalized spacial score (nSPS) is 22.7. The zero-order chi connectivity index (χ0) is 41.3. The average molecular weight is 903 g/mol. The van der Waals surface area contributed by atoms with E-state index in [1.165, 1.54) is 0 Å². The van der Waals surface area contributed by atoms with Crippen LogP contribution < -0.4 is 28.4 Å². The summed E-state index contributed by atoms with van der Waals surface area (Å²) in [5.74, 6) is 9.91. The molecule has 57 heavy (non-hydrogen) atoms. The first-order chi connectivity index (χ1) is 27.5. The third-order valence-corrected chi connectivity index (χ3v) is 22.1. The first-order valence-corrected chi connectivity index (χ1v) is 26.4. The number of methoxy groups -OCH3 is 4. The number of aliphatic hydroxyl groups excluding tert-OH is 1. The molecule has 14 heteroatoms. The van der Waals surface area contributed by atoms with Gasteiger partial charge in [0.15, 0.2) is 27.9 Å². The Bertz CT molecular complexity index is 1460. The van der Waals surface area contributed by atoms with Gasteiger partial charge in [-0.05, 0) is 108 Å². The summed E-state index contributed by atoms with van der Waals surface area (Å²) in [7, 11) is 6.61. The third-order valence-electron chi connectivity index (χ3n) is 10.8. The second kappa shape index (κ2) is 21.4. The van der Waals surface area contributed by atoms with Gasteiger partial charge < -0.3 is 38.3 Å². The summed E-state index contributed by atoms with van der Waals surface area (Å²) in [6.45, 7) is 13.8. The van der Waals surface area contributed by atoms with Crippen molar-refractivity contribution in [2.75, 3.05) is 76.2 Å². The van der Waals surface area contributed by atoms with Crippen LogP contribution in [0.15, 0.2) is 24.3 Å². The van der Waals surface area contributed by atoms with Gasteiger partial charge in [-0.3, -0.25) is 0 Å². The molecule has 322 valence electrons. The lowest BCUT2D eigenvalue weighted by atomic mass is 9.77. The minimum absolute atomic E-state index is 0.00891. The summed E-state index contributed by atoms with van der Waals surface area (Å²) < 4.78 is 43.5. The fourth-order valence-corrected chi connectivity index (χ4v) is 18.7. The van der Waals surface area contributed by atoms with Crippen LogP contribution in [0.25, 0.3) is 0 Å². The molecule has 5 rings (SSSR count). The molecule has 2 aromatic rings. The van der Waals surface area contributed by atoms with Crippen molar-refractivity contribution in [1.82, 2.24) is 0 Å². The maximum Gasteiger partial charge on any atom is 0.203 e. The van der Waals surface area contributed by atoms with Crippen LogP contribution in [0.1, 0.15) is 91.2 Å². The van der Waals surface area contributed by atoms with Crippen molar-refractivity contribution in [2.24, 2.45) is 0 Å². The van der Waals surface area contributed by atoms with Gasteiger partial charge in [-0.2, -0.15) is 11.8 Å². The zero-order valence-electron chi connectivity index (χ0n) is 35.7. The van der Waals surface area contributed by atoms with E-state index in [2.05, 4.69) is 65.1 Å². The summed E-state index contributed by atoms with van der Waals surface area (Å²) in [6, 6.07) is 8.06. The first-order valence-electron chi connectivity index (χ1n) is 20.4. The van der Waals surface area contributed by atoms with Gasteiger partial charge in [0.1, 0.15) is 29.5 Å². The lowest BCUT2D eigenvalue weighted by Gasteiger charge is -2.36. The number of thioether (sulfide) groups is 6. The van der Waals surface area contributed by atoms with E-state index in [0.717, 1.165) is 84.2 Å². The van der Waals surface area contributed by atoms with Crippen LogP contribution in [-0.4, -0.2) is 112 Å². The number of rotatable bonds is 25. The second-order valence-electron chi connectivity index (χ2n) is 15.1. The van der Waals surface area contributed by atoms with Crippen LogP contribution in [-0.2, 0) is 10.2 Å². The van der Waals surface area contributed by atoms with Crippen LogP contribution in [0.5, 0.6) is 34.5 Å². The Morgan fingerprint density at radius 1 is 0.719 bits per heavy atom. The van der Waals surface area contributed by atoms with Gasteiger partial charge in [-0.15, -0.1) is 58.8 Å². The van der Waals surface area contributed by atoms with Gasteiger partial charge in [0, 0.05) is 5.41 Å². The van der Waals surface area contributed by atoms with Crippen LogP contribution >= 0.6 is 70.6 Å². The maximum atomic E-state index is 11.6. The smallest absolute Gasteiger partial charge is 0.203 e. The van der Waals surface area contributed by atoms with E-state index in [4.69, 9.17) is 33.2 Å². The highest BCUT2D eigenvalue weighted by atomic mass is 32.2. The fourth-order valence-electron chi connectivity index (χ4n) is 7.57. The molecule has 3 heterocycles. The predicted molar refractivity (Wildman–Crippen MR) is 250 cm³/mol. The Balaban J connectivity index is 1.35. The maximum absolute atomic E-state index is 11.6. The lowest BCUT2D eigenvalue weighted by molar-refractivity contribution is 0.100. The lowest BCUT2D eigenvalue weighted by Crippen LogP contribution is -2.42. The molecule has 1 N–H and O–H groups in total. The average Bonchev–Trinajstić information content (AvgIpc) is 3.59. The highest BCUT2D eigenvalue weighted by Crippen LogP contribution is 2.69. The van der Waals surface area contributed by atoms with Crippen molar-refractivity contribution in [2.45, 2.75) is 116 Å². The Morgan fingerprint density at radius 2 is 1.19 bits per heavy atom. The minimum Gasteiger partial charge on any atom is -0.493 e. The van der Waals surface area contributed by atoms with Crippen LogP contribution in [0.4, 0.5) is 0 Å². The number of epoxide rings is 1. The molecule has 2 aromatic carbocycles. The van der Waals surface area contributed by atoms with Gasteiger partial charge in [-0.1, -0.05) is 41.5 Å². The molecule has 8 nitrogen and oxygen atoms in total. The van der Waals surface area contributed by atoms with Crippen molar-refractivity contribution < 1.29 is 38.3 Å². The number of benzene rings is 2. The van der Waals surface area contributed by atoms with Gasteiger partial charge in [-0.25, -0.2) is 0 Å². The number of aliphatic hydroxyl groups is 1. The summed E-state index contributed by atoms with van der Waals surface area (Å²) >= 11 is 12.0. The van der Waals surface area contributed by atoms with Crippen molar-refractivity contribution in [3.63, 3.8) is 0 Å². The summed E-state index contributed by atoms with van der Waals surface area (Å²) in [5.41, 5.74) is 1.38. The quantitative estimate of drug-likeness (QED) is 0.0758. The third kappa shape index (κ3) is 10.2. The molecule has 1 spiro atoms. The van der Waals surface area contributed by atoms with Gasteiger partial charge in [0.2, 0.25) is 11.5 Å². The molecular formula is C43H66O8S6. The molecule has 3 fully saturated rings. The molecule has 0 radical (unpaired) electrons. The summed E-state index contributed by atoms with van der Waals surface area (Å²) in [4.78, 5) is -0.234. The second-order valence-corrected chi connectivity index (χ2v) is 23.8. The number of hydrogen-bond donors (Lipinski definition) is 1. The molecule has 0 saturated carbocycles. The molecule has 3 aliphatic rings. The molecule has 3 aliphatic heterocycles. The topological polar surface area (TPSA) is 88.1 Å². The number of hydrogen-bond acceptors (Lipinski definition) is 14. The highest BCUT2D eigenvalue weighted by Gasteiger charge is 2.73. The van der Waals surface area contributed by atoms with Crippen molar-refractivity contribution in [3.05, 3.63) is 35.4 Å². The Labute approximate surface area is 368 Å². The van der Waals surface area contributed by atoms with E-state index in [9.17, 15) is 5.11 Å². The van der Waals surface area contributed by atoms with Crippen LogP contribution in [0.3, 0.4) is 0 Å². The van der Waals surface area contributed by atoms with Gasteiger partial charge in [0.25, 0.3) is 0 Å². The largest absolute Gasteiger partial charge is 0.493 e. The molecule has 3 saturated heterocycles. The van der Waals surface area contributed by atoms with Crippen LogP contribution in [0.2, 0.25) is 0 Å². The van der Waals surface area contributed by atoms with E-state index >= 15 is 0 Å². The monoisotopic (exact) mass is 902 g/mol. The molecular weight excluding hydrogens is 837 g/mol. The van der Waals surface area contributed by atoms with Gasteiger partial charge in [0.05, 0.1) is 37.8 Å². The first kappa shape index (κ1) is 47.3. The Morgan fingerprint density at radius 3 is 1.67 bits per heavy atom. The van der Waals surface area contributed by atoms with Crippen molar-refractivity contribution in [3.8, 4) is 34.5 Å². The molecule has 0 aromatic heterocycles. The molecule has 0 amide bonds. The van der Waals surface area contributed by atoms with Gasteiger partial charge >= 0.3 is 0 Å². The molecule has 0 aliphatic carbocycles. The zero-order valence-corrected chi connectivity index (χ0v) is 40.6. The Kier molecular flexibility index (Phi) is 17.7. The van der Waals surface area contributed by atoms with E-state index < -0.39 is 11.5 Å². The van der Waals surface area contributed by atoms with E-state index in [-0.39, 0.29) is 31.1 Å². The minimum atomic E-state index is -0.645. The molecule has 4 unspecified atom stereocenters. The van der Waals surface area contributed by atoms with Crippen molar-refractivity contribution >= 4 is 70.6 Å². The predicted octanol–water partition coefficient (Wildman–Crippen LogP) is 10.9.